The first-order valence-electron chi connectivity index (χ1n) is 8.97. The largest absolute Gasteiger partial charge is 0.478 e. The number of aromatic nitrogens is 6. The lowest BCUT2D eigenvalue weighted by atomic mass is 10.2. The summed E-state index contributed by atoms with van der Waals surface area (Å²) in [6, 6.07) is 0. The zero-order chi connectivity index (χ0) is 20.3. The van der Waals surface area contributed by atoms with E-state index >= 15 is 0 Å². The summed E-state index contributed by atoms with van der Waals surface area (Å²) in [6.07, 6.45) is 3.81. The van der Waals surface area contributed by atoms with Gasteiger partial charge in [-0.05, 0) is 27.2 Å². The molecule has 3 rings (SSSR count). The van der Waals surface area contributed by atoms with Crippen molar-refractivity contribution in [2.24, 2.45) is 7.05 Å². The Hall–Kier alpha value is -3.24. The molecule has 152 valence electrons. The number of carbonyl (C=O) groups is 1. The third-order valence-electron chi connectivity index (χ3n) is 3.83. The van der Waals surface area contributed by atoms with Gasteiger partial charge in [-0.2, -0.15) is 5.10 Å². The zero-order valence-corrected chi connectivity index (χ0v) is 16.7. The normalized spacial score (nSPS) is 11.6. The number of rotatable bonds is 7. The van der Waals surface area contributed by atoms with Gasteiger partial charge in [-0.25, -0.2) is 9.78 Å². The second-order valence-electron chi connectivity index (χ2n) is 7.35. The minimum Gasteiger partial charge on any atom is -0.478 e. The van der Waals surface area contributed by atoms with E-state index in [1.807, 2.05) is 38.6 Å². The molecule has 0 aliphatic carbocycles. The van der Waals surface area contributed by atoms with Crippen LogP contribution in [0.15, 0.2) is 12.5 Å². The number of nitrogens with one attached hydrogen (secondary N) is 3. The molecule has 1 amide bonds. The van der Waals surface area contributed by atoms with Gasteiger partial charge in [0.15, 0.2) is 17.0 Å². The number of fused-ring (bicyclic) bond motifs is 1. The zero-order valence-electron chi connectivity index (χ0n) is 16.7. The van der Waals surface area contributed by atoms with Crippen LogP contribution in [0.25, 0.3) is 11.2 Å². The molecule has 3 heterocycles. The van der Waals surface area contributed by atoms with Crippen LogP contribution in [-0.2, 0) is 18.3 Å². The van der Waals surface area contributed by atoms with Crippen molar-refractivity contribution in [3.05, 3.63) is 12.5 Å². The lowest BCUT2D eigenvalue weighted by Crippen LogP contribution is -2.33. The lowest BCUT2D eigenvalue weighted by molar-refractivity contribution is 0.0526. The Morgan fingerprint density at radius 3 is 2.86 bits per heavy atom. The van der Waals surface area contributed by atoms with E-state index in [9.17, 15) is 4.79 Å². The molecule has 11 nitrogen and oxygen atoms in total. The fourth-order valence-corrected chi connectivity index (χ4v) is 2.62. The Morgan fingerprint density at radius 2 is 2.14 bits per heavy atom. The van der Waals surface area contributed by atoms with Gasteiger partial charge in [0.2, 0.25) is 0 Å². The highest BCUT2D eigenvalue weighted by Crippen LogP contribution is 2.28. The van der Waals surface area contributed by atoms with Crippen LogP contribution in [0.2, 0.25) is 0 Å². The van der Waals surface area contributed by atoms with E-state index in [1.54, 1.807) is 18.1 Å². The van der Waals surface area contributed by atoms with Crippen molar-refractivity contribution >= 4 is 28.8 Å². The molecule has 0 spiro atoms. The molecule has 28 heavy (non-hydrogen) atoms. The fraction of sp³-hybridized carbons (Fsp3) is 0.529. The average molecular weight is 390 g/mol. The van der Waals surface area contributed by atoms with Gasteiger partial charge in [0, 0.05) is 20.1 Å². The van der Waals surface area contributed by atoms with Crippen LogP contribution in [-0.4, -0.2) is 54.9 Å². The number of methoxy groups -OCH3 is 1. The standard InChI is InChI=1S/C17H26N8O3/c1-17(2,3)28-16(26)18-7-6-8-25-9-11(15(23-25)27-5)20-13-12-14(22-21-13)24(4)10-19-12/h9-10H,6-8H2,1-5H3,(H,18,26)(H2,20,21,22). The van der Waals surface area contributed by atoms with E-state index in [4.69, 9.17) is 9.47 Å². The van der Waals surface area contributed by atoms with E-state index < -0.39 is 11.7 Å². The third-order valence-corrected chi connectivity index (χ3v) is 3.83. The van der Waals surface area contributed by atoms with Gasteiger partial charge in [-0.15, -0.1) is 5.10 Å². The van der Waals surface area contributed by atoms with Gasteiger partial charge in [-0.1, -0.05) is 0 Å². The molecule has 0 saturated carbocycles. The predicted molar refractivity (Wildman–Crippen MR) is 104 cm³/mol. The molecular formula is C17H26N8O3. The summed E-state index contributed by atoms with van der Waals surface area (Å²) in [7, 11) is 3.44. The molecule has 3 N–H and O–H groups in total. The second-order valence-corrected chi connectivity index (χ2v) is 7.35. The highest BCUT2D eigenvalue weighted by Gasteiger charge is 2.16. The Labute approximate surface area is 162 Å². The first-order valence-corrected chi connectivity index (χ1v) is 8.97. The van der Waals surface area contributed by atoms with E-state index in [2.05, 4.69) is 30.9 Å². The van der Waals surface area contributed by atoms with E-state index in [1.165, 1.54) is 0 Å². The first-order chi connectivity index (χ1) is 13.3. The summed E-state index contributed by atoms with van der Waals surface area (Å²) < 4.78 is 14.1. The van der Waals surface area contributed by atoms with Crippen molar-refractivity contribution in [2.75, 3.05) is 19.0 Å². The van der Waals surface area contributed by atoms with Crippen molar-refractivity contribution in [1.29, 1.82) is 0 Å². The Balaban J connectivity index is 1.57. The van der Waals surface area contributed by atoms with Gasteiger partial charge in [-0.3, -0.25) is 9.78 Å². The molecule has 0 atom stereocenters. The van der Waals surface area contributed by atoms with Crippen molar-refractivity contribution < 1.29 is 14.3 Å². The van der Waals surface area contributed by atoms with Crippen molar-refractivity contribution in [1.82, 2.24) is 34.8 Å². The van der Waals surface area contributed by atoms with Crippen LogP contribution >= 0.6 is 0 Å². The molecule has 0 saturated heterocycles. The van der Waals surface area contributed by atoms with Gasteiger partial charge < -0.3 is 24.7 Å². The molecular weight excluding hydrogens is 364 g/mol. The molecule has 11 heteroatoms. The van der Waals surface area contributed by atoms with Gasteiger partial charge in [0.1, 0.15) is 11.3 Å². The summed E-state index contributed by atoms with van der Waals surface area (Å²) in [5, 5.41) is 17.5. The van der Waals surface area contributed by atoms with Gasteiger partial charge in [0.05, 0.1) is 19.6 Å². The number of alkyl carbamates (subject to hydrolysis) is 1. The quantitative estimate of drug-likeness (QED) is 0.528. The van der Waals surface area contributed by atoms with Crippen LogP contribution in [0.5, 0.6) is 5.88 Å². The maximum atomic E-state index is 11.7. The second kappa shape index (κ2) is 7.79. The maximum absolute atomic E-state index is 11.7. The molecule has 0 aliphatic heterocycles. The summed E-state index contributed by atoms with van der Waals surface area (Å²) in [6.45, 7) is 6.57. The van der Waals surface area contributed by atoms with E-state index in [-0.39, 0.29) is 0 Å². The Morgan fingerprint density at radius 1 is 1.36 bits per heavy atom. The molecule has 0 radical (unpaired) electrons. The van der Waals surface area contributed by atoms with E-state index in [0.29, 0.717) is 36.9 Å². The topological polar surface area (TPSA) is 124 Å². The number of amides is 1. The van der Waals surface area contributed by atoms with Gasteiger partial charge in [0.25, 0.3) is 5.88 Å². The number of aryl methyl sites for hydroxylation is 2. The summed E-state index contributed by atoms with van der Waals surface area (Å²) >= 11 is 0. The number of carbonyl (C=O) groups excluding carboxylic acids is 1. The maximum Gasteiger partial charge on any atom is 0.407 e. The summed E-state index contributed by atoms with van der Waals surface area (Å²) in [5.74, 6) is 1.12. The van der Waals surface area contributed by atoms with Crippen LogP contribution in [0.3, 0.4) is 0 Å². The number of anilines is 2. The monoisotopic (exact) mass is 390 g/mol. The number of imidazole rings is 1. The minimum absolute atomic E-state index is 0.425. The fourth-order valence-electron chi connectivity index (χ4n) is 2.62. The number of hydrogen-bond donors (Lipinski definition) is 3. The van der Waals surface area contributed by atoms with Crippen LogP contribution in [0, 0.1) is 0 Å². The van der Waals surface area contributed by atoms with Crippen molar-refractivity contribution in [2.45, 2.75) is 39.3 Å². The highest BCUT2D eigenvalue weighted by molar-refractivity contribution is 5.86. The molecule has 0 unspecified atom stereocenters. The summed E-state index contributed by atoms with van der Waals surface area (Å²) in [4.78, 5) is 16.0. The molecule has 0 fully saturated rings. The molecule has 0 bridgehead atoms. The van der Waals surface area contributed by atoms with E-state index in [0.717, 1.165) is 11.2 Å². The highest BCUT2D eigenvalue weighted by atomic mass is 16.6. The Bertz CT molecular complexity index is 950. The first kappa shape index (κ1) is 19.5. The SMILES string of the molecule is COc1nn(CCCNC(=O)OC(C)(C)C)cc1Nc1[nH]nc2c1ncn2C. The number of nitrogens with zero attached hydrogens (tertiary/aromatic N) is 5. The number of hydrogen-bond acceptors (Lipinski definition) is 7. The predicted octanol–water partition coefficient (Wildman–Crippen LogP) is 2.16. The molecule has 0 aliphatic rings. The van der Waals surface area contributed by atoms with Crippen molar-refractivity contribution in [3.8, 4) is 5.88 Å². The van der Waals surface area contributed by atoms with Gasteiger partial charge >= 0.3 is 6.09 Å². The third kappa shape index (κ3) is 4.53. The molecule has 0 aromatic carbocycles. The Kier molecular flexibility index (Phi) is 5.43. The van der Waals surface area contributed by atoms with Crippen molar-refractivity contribution in [3.63, 3.8) is 0 Å². The van der Waals surface area contributed by atoms with Crippen LogP contribution < -0.4 is 15.4 Å². The summed E-state index contributed by atoms with van der Waals surface area (Å²) in [5.41, 5.74) is 1.67. The number of ether oxygens (including phenoxy) is 2. The van der Waals surface area contributed by atoms with Crippen LogP contribution in [0.1, 0.15) is 27.2 Å². The lowest BCUT2D eigenvalue weighted by Gasteiger charge is -2.19. The molecule has 3 aromatic rings. The smallest absolute Gasteiger partial charge is 0.407 e. The molecule has 3 aromatic heterocycles. The average Bonchev–Trinajstić information content (AvgIpc) is 3.28. The van der Waals surface area contributed by atoms with Crippen LogP contribution in [0.4, 0.5) is 16.3 Å². The number of aromatic amines is 1. The minimum atomic E-state index is -0.508. The number of H-pyrrole nitrogens is 1.